The molecule has 0 aromatic heterocycles. The molecule has 4 aromatic rings. The summed E-state index contributed by atoms with van der Waals surface area (Å²) in [7, 11) is 0. The lowest BCUT2D eigenvalue weighted by Gasteiger charge is -2.31. The maximum Gasteiger partial charge on any atom is 0.265 e. The average molecular weight is 531 g/mol. The van der Waals surface area contributed by atoms with Gasteiger partial charge >= 0.3 is 0 Å². The molecule has 1 N–H and O–H groups in total. The maximum atomic E-state index is 13.9. The summed E-state index contributed by atoms with van der Waals surface area (Å²) in [6, 6.07) is 32.2. The number of anilines is 1. The first-order chi connectivity index (χ1) is 19.0. The number of fused-ring (bicyclic) bond motifs is 2. The van der Waals surface area contributed by atoms with E-state index in [9.17, 15) is 9.59 Å². The van der Waals surface area contributed by atoms with Gasteiger partial charge in [-0.25, -0.2) is 0 Å². The number of rotatable bonds is 5. The van der Waals surface area contributed by atoms with Crippen molar-refractivity contribution < 1.29 is 9.59 Å². The predicted molar refractivity (Wildman–Crippen MR) is 159 cm³/mol. The SMILES string of the molecule is Cc1cccc(CN2C(=O)/C(=C/c3ccccc3)Sc3ccc(C(=O)NC4CCCc5ccccc54)cc32)c1. The Bertz CT molecular complexity index is 1580. The van der Waals surface area contributed by atoms with Crippen LogP contribution in [0.15, 0.2) is 107 Å². The van der Waals surface area contributed by atoms with Crippen LogP contribution in [-0.4, -0.2) is 11.8 Å². The van der Waals surface area contributed by atoms with E-state index in [1.807, 2.05) is 77.7 Å². The van der Waals surface area contributed by atoms with Crippen molar-refractivity contribution in [1.82, 2.24) is 5.32 Å². The Morgan fingerprint density at radius 2 is 1.79 bits per heavy atom. The Hall–Kier alpha value is -4.09. The minimum Gasteiger partial charge on any atom is -0.345 e. The van der Waals surface area contributed by atoms with Gasteiger partial charge < -0.3 is 10.2 Å². The van der Waals surface area contributed by atoms with E-state index < -0.39 is 0 Å². The second-order valence-corrected chi connectivity index (χ2v) is 11.3. The average Bonchev–Trinajstić information content (AvgIpc) is 2.96. The van der Waals surface area contributed by atoms with Gasteiger partial charge in [0, 0.05) is 10.5 Å². The number of benzene rings is 4. The molecule has 5 heteroatoms. The van der Waals surface area contributed by atoms with Gasteiger partial charge in [-0.1, -0.05) is 96.2 Å². The second kappa shape index (κ2) is 11.0. The molecular weight excluding hydrogens is 500 g/mol. The van der Waals surface area contributed by atoms with Gasteiger partial charge in [-0.3, -0.25) is 9.59 Å². The van der Waals surface area contributed by atoms with E-state index in [2.05, 4.69) is 42.6 Å². The van der Waals surface area contributed by atoms with Gasteiger partial charge in [0.2, 0.25) is 0 Å². The molecule has 1 aliphatic heterocycles. The molecule has 0 saturated heterocycles. The Morgan fingerprint density at radius 3 is 2.64 bits per heavy atom. The number of nitrogens with one attached hydrogen (secondary N) is 1. The molecule has 4 nitrogen and oxygen atoms in total. The largest absolute Gasteiger partial charge is 0.345 e. The molecule has 194 valence electrons. The summed E-state index contributed by atoms with van der Waals surface area (Å²) in [5, 5.41) is 3.26. The van der Waals surface area contributed by atoms with Gasteiger partial charge in [-0.2, -0.15) is 0 Å². The van der Waals surface area contributed by atoms with Gasteiger partial charge in [0.25, 0.3) is 11.8 Å². The third kappa shape index (κ3) is 5.41. The highest BCUT2D eigenvalue weighted by Crippen LogP contribution is 2.43. The quantitative estimate of drug-likeness (QED) is 0.272. The zero-order valence-corrected chi connectivity index (χ0v) is 22.7. The zero-order chi connectivity index (χ0) is 26.8. The molecule has 1 unspecified atom stereocenters. The van der Waals surface area contributed by atoms with Gasteiger partial charge in [-0.15, -0.1) is 0 Å². The highest BCUT2D eigenvalue weighted by molar-refractivity contribution is 8.04. The van der Waals surface area contributed by atoms with Gasteiger partial charge in [0.05, 0.1) is 23.2 Å². The van der Waals surface area contributed by atoms with Gasteiger partial charge in [0.1, 0.15) is 0 Å². The zero-order valence-electron chi connectivity index (χ0n) is 21.9. The first kappa shape index (κ1) is 25.2. The van der Waals surface area contributed by atoms with Crippen LogP contribution >= 0.6 is 11.8 Å². The number of amides is 2. The van der Waals surface area contributed by atoms with E-state index in [4.69, 9.17) is 0 Å². The Labute approximate surface area is 233 Å². The fraction of sp³-hybridized carbons (Fsp3) is 0.176. The van der Waals surface area contributed by atoms with Crippen LogP contribution in [0.25, 0.3) is 6.08 Å². The number of carbonyl (C=O) groups is 2. The van der Waals surface area contributed by atoms with Crippen molar-refractivity contribution in [3.8, 4) is 0 Å². The van der Waals surface area contributed by atoms with E-state index in [1.54, 1.807) is 0 Å². The van der Waals surface area contributed by atoms with Crippen LogP contribution in [0.2, 0.25) is 0 Å². The minimum atomic E-state index is -0.113. The number of carbonyl (C=O) groups excluding carboxylic acids is 2. The summed E-state index contributed by atoms with van der Waals surface area (Å²) in [4.78, 5) is 30.8. The topological polar surface area (TPSA) is 49.4 Å². The fourth-order valence-electron chi connectivity index (χ4n) is 5.45. The molecule has 6 rings (SSSR count). The lowest BCUT2D eigenvalue weighted by molar-refractivity contribution is -0.114. The highest BCUT2D eigenvalue weighted by Gasteiger charge is 2.31. The molecule has 2 aliphatic rings. The van der Waals surface area contributed by atoms with E-state index in [-0.39, 0.29) is 17.9 Å². The molecule has 39 heavy (non-hydrogen) atoms. The normalized spacial score (nSPS) is 17.5. The van der Waals surface area contributed by atoms with Crippen molar-refractivity contribution in [1.29, 1.82) is 0 Å². The van der Waals surface area contributed by atoms with E-state index in [0.717, 1.165) is 46.5 Å². The lowest BCUT2D eigenvalue weighted by Crippen LogP contribution is -2.34. The summed E-state index contributed by atoms with van der Waals surface area (Å²) in [6.45, 7) is 2.49. The van der Waals surface area contributed by atoms with Crippen LogP contribution in [0.4, 0.5) is 5.69 Å². The Morgan fingerprint density at radius 1 is 0.974 bits per heavy atom. The van der Waals surface area contributed by atoms with Gasteiger partial charge in [-0.05, 0) is 72.7 Å². The number of hydrogen-bond acceptors (Lipinski definition) is 3. The van der Waals surface area contributed by atoms with Crippen molar-refractivity contribution in [2.45, 2.75) is 43.7 Å². The van der Waals surface area contributed by atoms with E-state index in [0.29, 0.717) is 17.0 Å². The fourth-order valence-corrected chi connectivity index (χ4v) is 6.49. The first-order valence-electron chi connectivity index (χ1n) is 13.4. The van der Waals surface area contributed by atoms with Crippen LogP contribution in [0, 0.1) is 6.92 Å². The van der Waals surface area contributed by atoms with Crippen molar-refractivity contribution in [3.05, 3.63) is 135 Å². The predicted octanol–water partition coefficient (Wildman–Crippen LogP) is 7.48. The van der Waals surface area contributed by atoms with Crippen molar-refractivity contribution in [2.75, 3.05) is 4.90 Å². The standard InChI is InChI=1S/C34H30N2O2S/c1-23-9-7-12-25(19-23)22-36-30-21-27(33(37)35-29-16-8-14-26-13-5-6-15-28(26)29)17-18-31(30)39-32(34(36)38)20-24-10-3-2-4-11-24/h2-7,9-13,15,17-21,29H,8,14,16,22H2,1H3,(H,35,37)/b32-20-. The molecule has 0 fully saturated rings. The molecule has 0 bridgehead atoms. The van der Waals surface area contributed by atoms with Crippen LogP contribution in [0.1, 0.15) is 57.1 Å². The van der Waals surface area contributed by atoms with Crippen LogP contribution in [0.3, 0.4) is 0 Å². The Kier molecular flexibility index (Phi) is 7.08. The number of thioether (sulfide) groups is 1. The summed E-state index contributed by atoms with van der Waals surface area (Å²) >= 11 is 1.46. The minimum absolute atomic E-state index is 0.00158. The smallest absolute Gasteiger partial charge is 0.265 e. The molecule has 1 heterocycles. The molecule has 0 saturated carbocycles. The summed E-state index contributed by atoms with van der Waals surface area (Å²) < 4.78 is 0. The number of aryl methyl sites for hydroxylation is 2. The van der Waals surface area contributed by atoms with Crippen LogP contribution in [-0.2, 0) is 17.8 Å². The van der Waals surface area contributed by atoms with Crippen molar-refractivity contribution in [3.63, 3.8) is 0 Å². The molecule has 0 spiro atoms. The summed E-state index contributed by atoms with van der Waals surface area (Å²) in [6.07, 6.45) is 4.97. The van der Waals surface area contributed by atoms with Crippen LogP contribution in [0.5, 0.6) is 0 Å². The first-order valence-corrected chi connectivity index (χ1v) is 14.2. The van der Waals surface area contributed by atoms with E-state index >= 15 is 0 Å². The summed E-state index contributed by atoms with van der Waals surface area (Å²) in [5.74, 6) is -0.172. The molecule has 1 atom stereocenters. The molecule has 2 amide bonds. The van der Waals surface area contributed by atoms with E-state index in [1.165, 1.54) is 22.9 Å². The third-order valence-electron chi connectivity index (χ3n) is 7.38. The monoisotopic (exact) mass is 530 g/mol. The van der Waals surface area contributed by atoms with Gasteiger partial charge in [0.15, 0.2) is 0 Å². The van der Waals surface area contributed by atoms with Crippen molar-refractivity contribution >= 4 is 35.3 Å². The number of nitrogens with zero attached hydrogens (tertiary/aromatic N) is 1. The highest BCUT2D eigenvalue weighted by atomic mass is 32.2. The third-order valence-corrected chi connectivity index (χ3v) is 8.46. The molecule has 0 radical (unpaired) electrons. The summed E-state index contributed by atoms with van der Waals surface area (Å²) in [5.41, 5.74) is 7.03. The van der Waals surface area contributed by atoms with Crippen molar-refractivity contribution in [2.24, 2.45) is 0 Å². The Balaban J connectivity index is 1.33. The maximum absolute atomic E-state index is 13.9. The number of hydrogen-bond donors (Lipinski definition) is 1. The molecule has 4 aromatic carbocycles. The second-order valence-electron chi connectivity index (χ2n) is 10.2. The molecular formula is C34H30N2O2S. The van der Waals surface area contributed by atoms with Crippen LogP contribution < -0.4 is 10.2 Å². The molecule has 1 aliphatic carbocycles. The lowest BCUT2D eigenvalue weighted by atomic mass is 9.87.